The average Bonchev–Trinajstić information content (AvgIpc) is 3.73. The summed E-state index contributed by atoms with van der Waals surface area (Å²) >= 11 is 0. The number of ether oxygens (including phenoxy) is 3. The minimum atomic E-state index is 0.171. The topological polar surface area (TPSA) is 34.2 Å². The number of fused-ring (bicyclic) bond motifs is 5. The van der Waals surface area contributed by atoms with Gasteiger partial charge in [0.25, 0.3) is 0 Å². The van der Waals surface area contributed by atoms with Crippen molar-refractivity contribution in [1.82, 2.24) is 9.80 Å². The normalized spacial score (nSPS) is 29.2. The molecule has 0 radical (unpaired) electrons. The lowest BCUT2D eigenvalue weighted by Gasteiger charge is -2.65. The molecule has 4 saturated carbocycles. The fraction of sp³-hybridized carbons (Fsp3) is 0.719. The third kappa shape index (κ3) is 14.8. The zero-order valence-electron chi connectivity index (χ0n) is 45.0. The second kappa shape index (κ2) is 28.1. The van der Waals surface area contributed by atoms with Crippen molar-refractivity contribution in [3.8, 4) is 0 Å². The summed E-state index contributed by atoms with van der Waals surface area (Å²) in [7, 11) is 0. The molecule has 3 aromatic rings. The van der Waals surface area contributed by atoms with Crippen molar-refractivity contribution in [1.29, 1.82) is 0 Å². The lowest BCUT2D eigenvalue weighted by Crippen LogP contribution is -2.63. The summed E-state index contributed by atoms with van der Waals surface area (Å²) in [6, 6.07) is 33.4. The predicted molar refractivity (Wildman–Crippen MR) is 290 cm³/mol. The van der Waals surface area contributed by atoms with Gasteiger partial charge in [-0.1, -0.05) is 177 Å². The van der Waals surface area contributed by atoms with E-state index in [9.17, 15) is 0 Å². The maximum absolute atomic E-state index is 7.50. The van der Waals surface area contributed by atoms with Crippen LogP contribution in [-0.4, -0.2) is 67.6 Å². The monoisotopic (exact) mass is 945 g/mol. The van der Waals surface area contributed by atoms with Gasteiger partial charge in [0, 0.05) is 51.4 Å². The summed E-state index contributed by atoms with van der Waals surface area (Å²) in [6.07, 6.45) is 26.4. The quantitative estimate of drug-likeness (QED) is 0.0601. The van der Waals surface area contributed by atoms with Crippen molar-refractivity contribution in [2.24, 2.45) is 46.3 Å². The zero-order valence-corrected chi connectivity index (χ0v) is 45.0. The van der Waals surface area contributed by atoms with Crippen LogP contribution >= 0.6 is 0 Å². The van der Waals surface area contributed by atoms with E-state index in [0.717, 1.165) is 58.8 Å². The summed E-state index contributed by atoms with van der Waals surface area (Å²) in [5, 5.41) is 0. The van der Waals surface area contributed by atoms with Crippen molar-refractivity contribution in [3.05, 3.63) is 108 Å². The molecule has 0 heterocycles. The Morgan fingerprint density at radius 2 is 1.09 bits per heavy atom. The standard InChI is InChI=1S/C64H100N2O3/c1-7-10-13-14-15-25-39-65(48-52-29-19-16-20-30-52)40-26-28-51(4)57-35-36-58-62-59(47-61(64(57,58)6)69-43-12-9-3)63(5)38-37-56(67-42-11-8-2)45-55(63)46-60(62)68-44-27-41-66(49-53-31-21-17-22-32-53)50-54-33-23-18-24-34-54/h16-24,29-34,51,55-62H,7-15,25-28,35-50H2,1-6H3/t51?,55?,56-,57-,58+,59+,60?,61+,62?,63+,64-/m1/s1. The van der Waals surface area contributed by atoms with Crippen LogP contribution in [0.25, 0.3) is 0 Å². The number of rotatable bonds is 31. The molecule has 0 aliphatic heterocycles. The molecular weight excluding hydrogens is 845 g/mol. The van der Waals surface area contributed by atoms with E-state index in [-0.39, 0.29) is 5.41 Å². The van der Waals surface area contributed by atoms with E-state index in [2.05, 4.69) is 142 Å². The summed E-state index contributed by atoms with van der Waals surface area (Å²) in [5.41, 5.74) is 4.71. The molecule has 11 atom stereocenters. The lowest BCUT2D eigenvalue weighted by molar-refractivity contribution is -0.227. The van der Waals surface area contributed by atoms with Gasteiger partial charge in [0.05, 0.1) is 18.3 Å². The number of unbranched alkanes of at least 4 members (excludes halogenated alkanes) is 7. The van der Waals surface area contributed by atoms with Gasteiger partial charge in [-0.3, -0.25) is 9.80 Å². The van der Waals surface area contributed by atoms with Crippen LogP contribution in [0.5, 0.6) is 0 Å². The van der Waals surface area contributed by atoms with Gasteiger partial charge in [0.15, 0.2) is 0 Å². The smallest absolute Gasteiger partial charge is 0.0637 e. The first-order chi connectivity index (χ1) is 33.8. The van der Waals surface area contributed by atoms with Crippen molar-refractivity contribution < 1.29 is 14.2 Å². The molecule has 4 fully saturated rings. The van der Waals surface area contributed by atoms with Crippen LogP contribution < -0.4 is 0 Å². The van der Waals surface area contributed by atoms with E-state index >= 15 is 0 Å². The fourth-order valence-corrected chi connectivity index (χ4v) is 14.9. The molecule has 7 rings (SSSR count). The van der Waals surface area contributed by atoms with Gasteiger partial charge in [-0.25, -0.2) is 0 Å². The minimum Gasteiger partial charge on any atom is -0.378 e. The maximum Gasteiger partial charge on any atom is 0.0637 e. The fourth-order valence-electron chi connectivity index (χ4n) is 14.9. The second-order valence-corrected chi connectivity index (χ2v) is 23.4. The van der Waals surface area contributed by atoms with Gasteiger partial charge in [-0.05, 0) is 154 Å². The Bertz CT molecular complexity index is 1780. The molecule has 69 heavy (non-hydrogen) atoms. The molecule has 384 valence electrons. The molecule has 0 aromatic heterocycles. The molecule has 0 N–H and O–H groups in total. The van der Waals surface area contributed by atoms with Gasteiger partial charge in [-0.15, -0.1) is 0 Å². The van der Waals surface area contributed by atoms with Crippen LogP contribution in [0.2, 0.25) is 0 Å². The van der Waals surface area contributed by atoms with E-state index in [0.29, 0.717) is 59.2 Å². The number of nitrogens with zero attached hydrogens (tertiary/aromatic N) is 2. The van der Waals surface area contributed by atoms with Crippen LogP contribution in [0.1, 0.15) is 187 Å². The van der Waals surface area contributed by atoms with Gasteiger partial charge >= 0.3 is 0 Å². The summed E-state index contributed by atoms with van der Waals surface area (Å²) in [6.45, 7) is 24.2. The van der Waals surface area contributed by atoms with E-state index in [1.54, 1.807) is 0 Å². The Hall–Kier alpha value is -2.54. The Balaban J connectivity index is 1.07. The maximum atomic E-state index is 7.50. The largest absolute Gasteiger partial charge is 0.378 e. The Morgan fingerprint density at radius 1 is 0.536 bits per heavy atom. The molecule has 0 bridgehead atoms. The summed E-state index contributed by atoms with van der Waals surface area (Å²) in [4.78, 5) is 5.43. The van der Waals surface area contributed by atoms with Gasteiger partial charge in [0.1, 0.15) is 0 Å². The molecule has 4 aliphatic rings. The second-order valence-electron chi connectivity index (χ2n) is 23.4. The Labute approximate surface area is 423 Å². The van der Waals surface area contributed by atoms with Crippen LogP contribution in [0.15, 0.2) is 91.0 Å². The SMILES string of the molecule is CCCCCCCCN(CCCC(C)[C@H]1CC[C@H]2C3C(OCCCN(Cc4ccccc4)Cc4ccccc4)CC4C[C@H](OCCCC)CC[C@]4(C)[C@H]3C[C@H](OCCCC)[C@]12C)Cc1ccccc1. The number of hydrogen-bond acceptors (Lipinski definition) is 5. The highest BCUT2D eigenvalue weighted by Crippen LogP contribution is 2.69. The van der Waals surface area contributed by atoms with Crippen LogP contribution in [0, 0.1) is 46.3 Å². The van der Waals surface area contributed by atoms with Gasteiger partial charge < -0.3 is 14.2 Å². The van der Waals surface area contributed by atoms with E-state index < -0.39 is 0 Å². The molecule has 4 aliphatic carbocycles. The van der Waals surface area contributed by atoms with Gasteiger partial charge in [0.2, 0.25) is 0 Å². The minimum absolute atomic E-state index is 0.171. The Kier molecular flexibility index (Phi) is 22.1. The number of hydrogen-bond donors (Lipinski definition) is 0. The van der Waals surface area contributed by atoms with Crippen LogP contribution in [-0.2, 0) is 33.8 Å². The summed E-state index contributed by atoms with van der Waals surface area (Å²) in [5.74, 6) is 3.90. The third-order valence-electron chi connectivity index (χ3n) is 18.8. The van der Waals surface area contributed by atoms with Crippen molar-refractivity contribution in [2.75, 3.05) is 39.5 Å². The molecular formula is C64H100N2O3. The molecule has 0 saturated heterocycles. The van der Waals surface area contributed by atoms with Crippen molar-refractivity contribution >= 4 is 0 Å². The first-order valence-corrected chi connectivity index (χ1v) is 29.2. The molecule has 5 nitrogen and oxygen atoms in total. The van der Waals surface area contributed by atoms with Gasteiger partial charge in [-0.2, -0.15) is 0 Å². The molecule has 3 aromatic carbocycles. The molecule has 0 amide bonds. The van der Waals surface area contributed by atoms with Crippen molar-refractivity contribution in [3.63, 3.8) is 0 Å². The van der Waals surface area contributed by atoms with E-state index in [1.807, 2.05) is 0 Å². The van der Waals surface area contributed by atoms with Crippen molar-refractivity contribution in [2.45, 2.75) is 208 Å². The Morgan fingerprint density at radius 3 is 1.72 bits per heavy atom. The molecule has 4 unspecified atom stereocenters. The highest BCUT2D eigenvalue weighted by molar-refractivity contribution is 5.18. The predicted octanol–water partition coefficient (Wildman–Crippen LogP) is 16.0. The van der Waals surface area contributed by atoms with E-state index in [4.69, 9.17) is 14.2 Å². The van der Waals surface area contributed by atoms with Crippen LogP contribution in [0.4, 0.5) is 0 Å². The first kappa shape index (κ1) is 54.2. The molecule has 0 spiro atoms. The lowest BCUT2D eigenvalue weighted by atomic mass is 9.43. The zero-order chi connectivity index (χ0) is 48.3. The average molecular weight is 946 g/mol. The third-order valence-corrected chi connectivity index (χ3v) is 18.8. The first-order valence-electron chi connectivity index (χ1n) is 29.2. The van der Waals surface area contributed by atoms with E-state index in [1.165, 1.54) is 145 Å². The van der Waals surface area contributed by atoms with Crippen LogP contribution in [0.3, 0.4) is 0 Å². The summed E-state index contributed by atoms with van der Waals surface area (Å²) < 4.78 is 21.5. The number of benzene rings is 3. The highest BCUT2D eigenvalue weighted by atomic mass is 16.5. The highest BCUT2D eigenvalue weighted by Gasteiger charge is 2.66. The molecule has 5 heteroatoms.